The lowest BCUT2D eigenvalue weighted by Gasteiger charge is -2.24. The first-order chi connectivity index (χ1) is 10.7. The average Bonchev–Trinajstić information content (AvgIpc) is 3.23. The zero-order valence-electron chi connectivity index (χ0n) is 12.7. The van der Waals surface area contributed by atoms with Gasteiger partial charge >= 0.3 is 0 Å². The van der Waals surface area contributed by atoms with E-state index < -0.39 is 0 Å². The highest BCUT2D eigenvalue weighted by atomic mass is 32.1. The van der Waals surface area contributed by atoms with Crippen molar-refractivity contribution < 1.29 is 0 Å². The van der Waals surface area contributed by atoms with Gasteiger partial charge in [0, 0.05) is 23.3 Å². The molecule has 1 saturated heterocycles. The lowest BCUT2D eigenvalue weighted by atomic mass is 10.2. The monoisotopic (exact) mass is 330 g/mol. The zero-order chi connectivity index (χ0) is 15.1. The van der Waals surface area contributed by atoms with Gasteiger partial charge in [-0.2, -0.15) is 0 Å². The molecule has 1 aliphatic rings. The van der Waals surface area contributed by atoms with Crippen LogP contribution in [-0.4, -0.2) is 21.3 Å². The summed E-state index contributed by atoms with van der Waals surface area (Å²) in [7, 11) is 2.07. The molecule has 4 nitrogen and oxygen atoms in total. The first kappa shape index (κ1) is 14.0. The van der Waals surface area contributed by atoms with Crippen molar-refractivity contribution in [3.63, 3.8) is 0 Å². The van der Waals surface area contributed by atoms with Crippen LogP contribution in [0.1, 0.15) is 28.6 Å². The molecule has 0 unspecified atom stereocenters. The van der Waals surface area contributed by atoms with Gasteiger partial charge in [-0.05, 0) is 43.3 Å². The summed E-state index contributed by atoms with van der Waals surface area (Å²) >= 11 is 3.60. The van der Waals surface area contributed by atoms with Crippen molar-refractivity contribution >= 4 is 28.6 Å². The molecule has 22 heavy (non-hydrogen) atoms. The smallest absolute Gasteiger partial charge is 0.227 e. The Kier molecular flexibility index (Phi) is 3.50. The third-order valence-electron chi connectivity index (χ3n) is 4.19. The number of hydrogen-bond acceptors (Lipinski definition) is 5. The second-order valence-corrected chi connectivity index (χ2v) is 7.93. The number of aromatic nitrogens is 3. The number of anilines is 1. The van der Waals surface area contributed by atoms with Crippen LogP contribution in [0.2, 0.25) is 0 Å². The van der Waals surface area contributed by atoms with Crippen molar-refractivity contribution in [3.8, 4) is 10.7 Å². The van der Waals surface area contributed by atoms with Crippen molar-refractivity contribution in [1.29, 1.82) is 0 Å². The summed E-state index contributed by atoms with van der Waals surface area (Å²) < 4.78 is 2.14. The van der Waals surface area contributed by atoms with Crippen molar-refractivity contribution in [2.75, 3.05) is 11.4 Å². The van der Waals surface area contributed by atoms with Crippen LogP contribution in [0.4, 0.5) is 5.95 Å². The molecule has 114 valence electrons. The Morgan fingerprint density at radius 1 is 1.23 bits per heavy atom. The molecule has 6 heteroatoms. The van der Waals surface area contributed by atoms with Crippen LogP contribution in [0.5, 0.6) is 0 Å². The van der Waals surface area contributed by atoms with E-state index in [0.717, 1.165) is 18.3 Å². The van der Waals surface area contributed by atoms with Crippen molar-refractivity contribution in [2.45, 2.75) is 25.8 Å². The van der Waals surface area contributed by atoms with Gasteiger partial charge in [-0.25, -0.2) is 0 Å². The number of thiophene rings is 2. The second kappa shape index (κ2) is 5.52. The van der Waals surface area contributed by atoms with Gasteiger partial charge in [-0.1, -0.05) is 6.07 Å². The van der Waals surface area contributed by atoms with Gasteiger partial charge in [0.2, 0.25) is 5.95 Å². The first-order valence-electron chi connectivity index (χ1n) is 7.50. The Bertz CT molecular complexity index is 772. The topological polar surface area (TPSA) is 34.0 Å². The molecule has 0 bridgehead atoms. The van der Waals surface area contributed by atoms with E-state index >= 15 is 0 Å². The molecule has 1 aliphatic heterocycles. The van der Waals surface area contributed by atoms with Crippen LogP contribution in [0.3, 0.4) is 0 Å². The standard InChI is InChI=1S/C16H18N4S2/c1-11-7-8-14(22-11)15-17-18-16(19(15)2)20-9-3-5-12(20)13-6-4-10-21-13/h4,6-8,10,12H,3,5,9H2,1-2H3/t12-/m0/s1. The summed E-state index contributed by atoms with van der Waals surface area (Å²) in [6.07, 6.45) is 2.41. The molecule has 1 atom stereocenters. The van der Waals surface area contributed by atoms with Crippen LogP contribution in [0, 0.1) is 6.92 Å². The second-order valence-electron chi connectivity index (χ2n) is 5.66. The quantitative estimate of drug-likeness (QED) is 0.720. The molecule has 1 fully saturated rings. The Morgan fingerprint density at radius 2 is 2.14 bits per heavy atom. The minimum Gasteiger partial charge on any atom is -0.333 e. The number of rotatable bonds is 3. The largest absolute Gasteiger partial charge is 0.333 e. The van der Waals surface area contributed by atoms with Gasteiger partial charge in [0.25, 0.3) is 0 Å². The molecule has 4 rings (SSSR count). The third kappa shape index (κ3) is 2.27. The summed E-state index contributed by atoms with van der Waals surface area (Å²) in [6.45, 7) is 3.18. The predicted octanol–water partition coefficient (Wildman–Crippen LogP) is 4.26. The maximum absolute atomic E-state index is 4.49. The van der Waals surface area contributed by atoms with E-state index in [2.05, 4.69) is 63.3 Å². The van der Waals surface area contributed by atoms with Crippen molar-refractivity contribution in [2.24, 2.45) is 7.05 Å². The number of nitrogens with zero attached hydrogens (tertiary/aromatic N) is 4. The molecular formula is C16H18N4S2. The van der Waals surface area contributed by atoms with E-state index in [1.807, 2.05) is 11.3 Å². The van der Waals surface area contributed by atoms with Crippen molar-refractivity contribution in [3.05, 3.63) is 39.4 Å². The maximum Gasteiger partial charge on any atom is 0.227 e. The molecule has 0 spiro atoms. The van der Waals surface area contributed by atoms with Gasteiger partial charge in [0.1, 0.15) is 0 Å². The minimum atomic E-state index is 0.445. The van der Waals surface area contributed by atoms with Crippen LogP contribution in [0.15, 0.2) is 29.6 Å². The molecule has 3 aromatic rings. The van der Waals surface area contributed by atoms with E-state index in [4.69, 9.17) is 0 Å². The average molecular weight is 330 g/mol. The van der Waals surface area contributed by atoms with Gasteiger partial charge in [0.15, 0.2) is 5.82 Å². The fraction of sp³-hybridized carbons (Fsp3) is 0.375. The van der Waals surface area contributed by atoms with Crippen LogP contribution in [-0.2, 0) is 7.05 Å². The molecule has 4 heterocycles. The molecular weight excluding hydrogens is 312 g/mol. The summed E-state index contributed by atoms with van der Waals surface area (Å²) in [5, 5.41) is 11.1. The third-order valence-corrected chi connectivity index (χ3v) is 6.16. The van der Waals surface area contributed by atoms with E-state index in [-0.39, 0.29) is 0 Å². The van der Waals surface area contributed by atoms with Gasteiger partial charge in [-0.3, -0.25) is 4.57 Å². The Balaban J connectivity index is 1.70. The van der Waals surface area contributed by atoms with Crippen molar-refractivity contribution in [1.82, 2.24) is 14.8 Å². The lowest BCUT2D eigenvalue weighted by Crippen LogP contribution is -2.25. The molecule has 0 radical (unpaired) electrons. The number of hydrogen-bond donors (Lipinski definition) is 0. The van der Waals surface area contributed by atoms with E-state index in [9.17, 15) is 0 Å². The molecule has 3 aromatic heterocycles. The van der Waals surface area contributed by atoms with Crippen LogP contribution < -0.4 is 4.90 Å². The van der Waals surface area contributed by atoms with Crippen LogP contribution >= 0.6 is 22.7 Å². The molecule has 0 aliphatic carbocycles. The number of aryl methyl sites for hydroxylation is 1. The highest BCUT2D eigenvalue weighted by Crippen LogP contribution is 2.38. The molecule has 0 N–H and O–H groups in total. The molecule has 0 saturated carbocycles. The maximum atomic E-state index is 4.49. The fourth-order valence-electron chi connectivity index (χ4n) is 3.12. The predicted molar refractivity (Wildman–Crippen MR) is 92.7 cm³/mol. The summed E-state index contributed by atoms with van der Waals surface area (Å²) in [6, 6.07) is 9.08. The van der Waals surface area contributed by atoms with E-state index in [1.165, 1.54) is 27.5 Å². The summed E-state index contributed by atoms with van der Waals surface area (Å²) in [4.78, 5) is 6.32. The summed E-state index contributed by atoms with van der Waals surface area (Å²) in [5.74, 6) is 1.95. The summed E-state index contributed by atoms with van der Waals surface area (Å²) in [5.41, 5.74) is 0. The van der Waals surface area contributed by atoms with Crippen LogP contribution in [0.25, 0.3) is 10.7 Å². The van der Waals surface area contributed by atoms with E-state index in [1.54, 1.807) is 11.3 Å². The Hall–Kier alpha value is -1.66. The minimum absolute atomic E-state index is 0.445. The van der Waals surface area contributed by atoms with Gasteiger partial charge < -0.3 is 4.90 Å². The highest BCUT2D eigenvalue weighted by Gasteiger charge is 2.30. The zero-order valence-corrected chi connectivity index (χ0v) is 14.3. The van der Waals surface area contributed by atoms with Gasteiger partial charge in [0.05, 0.1) is 10.9 Å². The first-order valence-corrected chi connectivity index (χ1v) is 9.20. The highest BCUT2D eigenvalue weighted by molar-refractivity contribution is 7.15. The normalized spacial score (nSPS) is 18.3. The van der Waals surface area contributed by atoms with E-state index in [0.29, 0.717) is 6.04 Å². The Morgan fingerprint density at radius 3 is 2.86 bits per heavy atom. The van der Waals surface area contributed by atoms with Gasteiger partial charge in [-0.15, -0.1) is 32.9 Å². The fourth-order valence-corrected chi connectivity index (χ4v) is 4.88. The SMILES string of the molecule is Cc1ccc(-c2nnc(N3CCC[C@H]3c3cccs3)n2C)s1. The molecule has 0 amide bonds. The lowest BCUT2D eigenvalue weighted by molar-refractivity contribution is 0.697. The Labute approximate surface area is 138 Å². The molecule has 0 aromatic carbocycles.